The lowest BCUT2D eigenvalue weighted by molar-refractivity contribution is -0.126. The maximum atomic E-state index is 11.7. The summed E-state index contributed by atoms with van der Waals surface area (Å²) < 4.78 is 4.96. The Morgan fingerprint density at radius 2 is 2.12 bits per heavy atom. The number of rotatable bonds is 4. The van der Waals surface area contributed by atoms with Crippen LogP contribution in [0, 0.1) is 0 Å². The summed E-state index contributed by atoms with van der Waals surface area (Å²) in [7, 11) is 0. The van der Waals surface area contributed by atoms with Crippen molar-refractivity contribution >= 4 is 5.91 Å². The summed E-state index contributed by atoms with van der Waals surface area (Å²) in [6, 6.07) is 6.22. The van der Waals surface area contributed by atoms with Gasteiger partial charge in [0.05, 0.1) is 25.3 Å². The van der Waals surface area contributed by atoms with Crippen LogP contribution in [0.4, 0.5) is 0 Å². The molecule has 2 rings (SSSR count). The minimum absolute atomic E-state index is 0.105. The van der Waals surface area contributed by atoms with Crippen molar-refractivity contribution in [2.24, 2.45) is 5.73 Å². The van der Waals surface area contributed by atoms with Gasteiger partial charge in [0, 0.05) is 0 Å². The molecule has 1 saturated heterocycles. The van der Waals surface area contributed by atoms with Crippen molar-refractivity contribution in [1.82, 2.24) is 5.32 Å². The number of hydrogen-bond acceptors (Lipinski definition) is 4. The Bertz CT molecular complexity index is 387. The number of phenols is 1. The monoisotopic (exact) mass is 236 g/mol. The summed E-state index contributed by atoms with van der Waals surface area (Å²) in [5, 5.41) is 11.9. The molecule has 5 nitrogen and oxygen atoms in total. The Morgan fingerprint density at radius 3 is 2.65 bits per heavy atom. The number of nitrogens with one attached hydrogen (secondary N) is 1. The van der Waals surface area contributed by atoms with E-state index in [4.69, 9.17) is 15.6 Å². The summed E-state index contributed by atoms with van der Waals surface area (Å²) in [4.78, 5) is 11.7. The molecule has 1 aliphatic rings. The van der Waals surface area contributed by atoms with Gasteiger partial charge in [-0.1, -0.05) is 12.1 Å². The van der Waals surface area contributed by atoms with Crippen LogP contribution < -0.4 is 11.1 Å². The fourth-order valence-corrected chi connectivity index (χ4v) is 1.61. The molecular formula is C12H16N2O3. The van der Waals surface area contributed by atoms with Crippen LogP contribution in [0.2, 0.25) is 0 Å². The molecule has 0 aliphatic carbocycles. The first-order chi connectivity index (χ1) is 8.15. The molecule has 1 amide bonds. The van der Waals surface area contributed by atoms with E-state index in [1.807, 2.05) is 0 Å². The van der Waals surface area contributed by atoms with Gasteiger partial charge in [-0.05, 0) is 24.1 Å². The third-order valence-electron chi connectivity index (χ3n) is 2.71. The van der Waals surface area contributed by atoms with Gasteiger partial charge in [-0.15, -0.1) is 0 Å². The molecule has 92 valence electrons. The number of benzene rings is 1. The van der Waals surface area contributed by atoms with E-state index >= 15 is 0 Å². The van der Waals surface area contributed by atoms with Gasteiger partial charge in [-0.25, -0.2) is 0 Å². The van der Waals surface area contributed by atoms with Gasteiger partial charge in [0.2, 0.25) is 5.91 Å². The molecular weight excluding hydrogens is 220 g/mol. The SMILES string of the molecule is N[C@@H](Cc1ccc(O)cc1)C(=O)NC1COC1. The number of nitrogens with two attached hydrogens (primary N) is 1. The highest BCUT2D eigenvalue weighted by atomic mass is 16.5. The summed E-state index contributed by atoms with van der Waals surface area (Å²) >= 11 is 0. The number of hydrogen-bond donors (Lipinski definition) is 3. The number of carbonyl (C=O) groups excluding carboxylic acids is 1. The second-order valence-electron chi connectivity index (χ2n) is 4.22. The molecule has 5 heteroatoms. The van der Waals surface area contributed by atoms with Crippen LogP contribution in [0.5, 0.6) is 5.75 Å². The predicted octanol–water partition coefficient (Wildman–Crippen LogP) is -0.223. The van der Waals surface area contributed by atoms with E-state index in [1.54, 1.807) is 24.3 Å². The van der Waals surface area contributed by atoms with Crippen LogP contribution in [-0.2, 0) is 16.0 Å². The van der Waals surface area contributed by atoms with E-state index in [-0.39, 0.29) is 17.7 Å². The summed E-state index contributed by atoms with van der Waals surface area (Å²) in [6.07, 6.45) is 0.458. The minimum atomic E-state index is -0.569. The van der Waals surface area contributed by atoms with Gasteiger partial charge in [0.15, 0.2) is 0 Å². The second-order valence-corrected chi connectivity index (χ2v) is 4.22. The fourth-order valence-electron chi connectivity index (χ4n) is 1.61. The highest BCUT2D eigenvalue weighted by Crippen LogP contribution is 2.11. The number of carbonyl (C=O) groups is 1. The van der Waals surface area contributed by atoms with Gasteiger partial charge in [-0.3, -0.25) is 4.79 Å². The average Bonchev–Trinajstić information content (AvgIpc) is 2.26. The smallest absolute Gasteiger partial charge is 0.237 e. The zero-order valence-corrected chi connectivity index (χ0v) is 9.43. The van der Waals surface area contributed by atoms with Crippen LogP contribution in [-0.4, -0.2) is 36.3 Å². The molecule has 1 atom stereocenters. The van der Waals surface area contributed by atoms with Crippen LogP contribution in [0.25, 0.3) is 0 Å². The van der Waals surface area contributed by atoms with Crippen molar-refractivity contribution in [1.29, 1.82) is 0 Å². The quantitative estimate of drug-likeness (QED) is 0.674. The normalized spacial score (nSPS) is 17.2. The molecule has 0 spiro atoms. The molecule has 0 saturated carbocycles. The van der Waals surface area contributed by atoms with Crippen molar-refractivity contribution in [3.05, 3.63) is 29.8 Å². The van der Waals surface area contributed by atoms with E-state index in [0.29, 0.717) is 19.6 Å². The van der Waals surface area contributed by atoms with Gasteiger partial charge < -0.3 is 20.9 Å². The predicted molar refractivity (Wildman–Crippen MR) is 62.5 cm³/mol. The number of phenolic OH excluding ortho intramolecular Hbond substituents is 1. The lowest BCUT2D eigenvalue weighted by Gasteiger charge is -2.28. The Labute approximate surface area is 99.6 Å². The summed E-state index contributed by atoms with van der Waals surface area (Å²) in [6.45, 7) is 1.13. The summed E-state index contributed by atoms with van der Waals surface area (Å²) in [5.41, 5.74) is 6.73. The fraction of sp³-hybridized carbons (Fsp3) is 0.417. The van der Waals surface area contributed by atoms with Gasteiger partial charge >= 0.3 is 0 Å². The molecule has 1 aromatic carbocycles. The van der Waals surface area contributed by atoms with Crippen molar-refractivity contribution < 1.29 is 14.6 Å². The standard InChI is InChI=1S/C12H16N2O3/c13-11(12(16)14-9-6-17-7-9)5-8-1-3-10(15)4-2-8/h1-4,9,11,15H,5-7,13H2,(H,14,16)/t11-/m0/s1. The largest absolute Gasteiger partial charge is 0.508 e. The van der Waals surface area contributed by atoms with Crippen LogP contribution in [0.3, 0.4) is 0 Å². The molecule has 0 bridgehead atoms. The van der Waals surface area contributed by atoms with E-state index in [0.717, 1.165) is 5.56 Å². The molecule has 4 N–H and O–H groups in total. The number of aromatic hydroxyl groups is 1. The highest BCUT2D eigenvalue weighted by Gasteiger charge is 2.23. The Kier molecular flexibility index (Phi) is 3.61. The van der Waals surface area contributed by atoms with Crippen molar-refractivity contribution in [2.75, 3.05) is 13.2 Å². The van der Waals surface area contributed by atoms with Gasteiger partial charge in [-0.2, -0.15) is 0 Å². The van der Waals surface area contributed by atoms with Gasteiger partial charge in [0.25, 0.3) is 0 Å². The third kappa shape index (κ3) is 3.18. The molecule has 1 fully saturated rings. The zero-order chi connectivity index (χ0) is 12.3. The molecule has 0 aromatic heterocycles. The van der Waals surface area contributed by atoms with Gasteiger partial charge in [0.1, 0.15) is 5.75 Å². The van der Waals surface area contributed by atoms with E-state index in [2.05, 4.69) is 5.32 Å². The van der Waals surface area contributed by atoms with Crippen molar-refractivity contribution in [3.63, 3.8) is 0 Å². The van der Waals surface area contributed by atoms with Crippen LogP contribution in [0.1, 0.15) is 5.56 Å². The Morgan fingerprint density at radius 1 is 1.47 bits per heavy atom. The topological polar surface area (TPSA) is 84.6 Å². The Balaban J connectivity index is 1.84. The maximum absolute atomic E-state index is 11.7. The minimum Gasteiger partial charge on any atom is -0.508 e. The van der Waals surface area contributed by atoms with E-state index in [9.17, 15) is 4.79 Å². The van der Waals surface area contributed by atoms with E-state index in [1.165, 1.54) is 0 Å². The third-order valence-corrected chi connectivity index (χ3v) is 2.71. The molecule has 1 heterocycles. The van der Waals surface area contributed by atoms with Crippen LogP contribution >= 0.6 is 0 Å². The highest BCUT2D eigenvalue weighted by molar-refractivity contribution is 5.82. The lowest BCUT2D eigenvalue weighted by Crippen LogP contribution is -2.53. The van der Waals surface area contributed by atoms with Crippen LogP contribution in [0.15, 0.2) is 24.3 Å². The second kappa shape index (κ2) is 5.16. The average molecular weight is 236 g/mol. The first-order valence-corrected chi connectivity index (χ1v) is 5.57. The number of amides is 1. The summed E-state index contributed by atoms with van der Waals surface area (Å²) in [5.74, 6) is 0.0461. The zero-order valence-electron chi connectivity index (χ0n) is 9.43. The van der Waals surface area contributed by atoms with Crippen molar-refractivity contribution in [2.45, 2.75) is 18.5 Å². The molecule has 1 aliphatic heterocycles. The molecule has 17 heavy (non-hydrogen) atoms. The Hall–Kier alpha value is -1.59. The number of ether oxygens (including phenoxy) is 1. The first-order valence-electron chi connectivity index (χ1n) is 5.57. The molecule has 0 radical (unpaired) electrons. The lowest BCUT2D eigenvalue weighted by atomic mass is 10.1. The first kappa shape index (κ1) is 11.9. The molecule has 0 unspecified atom stereocenters. The van der Waals surface area contributed by atoms with E-state index < -0.39 is 6.04 Å². The molecule has 1 aromatic rings. The maximum Gasteiger partial charge on any atom is 0.237 e. The van der Waals surface area contributed by atoms with Crippen molar-refractivity contribution in [3.8, 4) is 5.75 Å².